The zero-order valence-corrected chi connectivity index (χ0v) is 12.3. The van der Waals surface area contributed by atoms with E-state index >= 15 is 0 Å². The third-order valence-electron chi connectivity index (χ3n) is 4.29. The summed E-state index contributed by atoms with van der Waals surface area (Å²) in [5.41, 5.74) is 1.87. The van der Waals surface area contributed by atoms with Crippen molar-refractivity contribution in [2.45, 2.75) is 24.9 Å². The second kappa shape index (κ2) is 6.55. The molecular formula is C18H19F2NO. The molecule has 0 bridgehead atoms. The Labute approximate surface area is 129 Å². The van der Waals surface area contributed by atoms with Crippen molar-refractivity contribution in [3.63, 3.8) is 0 Å². The van der Waals surface area contributed by atoms with Crippen LogP contribution < -0.4 is 5.32 Å². The molecule has 0 saturated carbocycles. The van der Waals surface area contributed by atoms with Crippen LogP contribution in [-0.2, 0) is 16.8 Å². The maximum Gasteiger partial charge on any atom is 0.123 e. The van der Waals surface area contributed by atoms with Gasteiger partial charge in [-0.15, -0.1) is 0 Å². The average molecular weight is 303 g/mol. The summed E-state index contributed by atoms with van der Waals surface area (Å²) in [6.07, 6.45) is 1.67. The van der Waals surface area contributed by atoms with Crippen LogP contribution in [0.2, 0.25) is 0 Å². The number of benzene rings is 2. The molecule has 1 N–H and O–H groups in total. The maximum atomic E-state index is 13.2. The first-order valence-electron chi connectivity index (χ1n) is 7.51. The predicted molar refractivity (Wildman–Crippen MR) is 81.4 cm³/mol. The fourth-order valence-electron chi connectivity index (χ4n) is 2.93. The van der Waals surface area contributed by atoms with E-state index in [1.54, 1.807) is 12.1 Å². The zero-order valence-electron chi connectivity index (χ0n) is 12.3. The lowest BCUT2D eigenvalue weighted by Crippen LogP contribution is -2.46. The van der Waals surface area contributed by atoms with E-state index in [0.29, 0.717) is 19.8 Å². The fourth-order valence-corrected chi connectivity index (χ4v) is 2.93. The molecule has 0 radical (unpaired) electrons. The number of hydrogen-bond donors (Lipinski definition) is 1. The van der Waals surface area contributed by atoms with Gasteiger partial charge in [-0.25, -0.2) is 8.78 Å². The third kappa shape index (κ3) is 3.34. The number of ether oxygens (including phenoxy) is 1. The highest BCUT2D eigenvalue weighted by Gasteiger charge is 2.33. The van der Waals surface area contributed by atoms with Crippen LogP contribution in [0.25, 0.3) is 0 Å². The quantitative estimate of drug-likeness (QED) is 0.928. The maximum absolute atomic E-state index is 13.2. The molecule has 0 aliphatic carbocycles. The van der Waals surface area contributed by atoms with Crippen LogP contribution in [0, 0.1) is 11.6 Å². The molecule has 0 amide bonds. The Bertz CT molecular complexity index is 604. The van der Waals surface area contributed by atoms with E-state index < -0.39 is 0 Å². The summed E-state index contributed by atoms with van der Waals surface area (Å²) in [5.74, 6) is -0.465. The van der Waals surface area contributed by atoms with Gasteiger partial charge in [0.25, 0.3) is 0 Å². The van der Waals surface area contributed by atoms with E-state index in [4.69, 9.17) is 4.74 Å². The van der Waals surface area contributed by atoms with Crippen molar-refractivity contribution in [2.24, 2.45) is 0 Å². The molecule has 0 aromatic heterocycles. The molecule has 2 nitrogen and oxygen atoms in total. The minimum atomic E-state index is -0.233. The highest BCUT2D eigenvalue weighted by atomic mass is 19.1. The van der Waals surface area contributed by atoms with Gasteiger partial charge in [0.05, 0.1) is 0 Å². The first-order chi connectivity index (χ1) is 10.7. The number of hydrogen-bond acceptors (Lipinski definition) is 2. The summed E-state index contributed by atoms with van der Waals surface area (Å²) >= 11 is 0. The minimum absolute atomic E-state index is 0.222. The van der Waals surface area contributed by atoms with Crippen LogP contribution in [0.5, 0.6) is 0 Å². The van der Waals surface area contributed by atoms with Crippen LogP contribution in [0.1, 0.15) is 24.0 Å². The molecule has 0 atom stereocenters. The van der Waals surface area contributed by atoms with Crippen LogP contribution in [0.3, 0.4) is 0 Å². The first kappa shape index (κ1) is 15.1. The zero-order chi connectivity index (χ0) is 15.4. The number of halogens is 2. The molecule has 3 rings (SSSR count). The summed E-state index contributed by atoms with van der Waals surface area (Å²) in [7, 11) is 0. The highest BCUT2D eigenvalue weighted by Crippen LogP contribution is 2.32. The van der Waals surface area contributed by atoms with E-state index in [1.165, 1.54) is 24.3 Å². The normalized spacial score (nSPS) is 17.4. The van der Waals surface area contributed by atoms with Gasteiger partial charge < -0.3 is 10.1 Å². The van der Waals surface area contributed by atoms with Gasteiger partial charge >= 0.3 is 0 Å². The van der Waals surface area contributed by atoms with Gasteiger partial charge in [-0.05, 0) is 48.2 Å². The standard InChI is InChI=1S/C18H19F2NO/c19-16-5-1-14(2-6-16)13-21-18(9-11-22-12-10-18)15-3-7-17(20)8-4-15/h1-8,21H,9-13H2. The minimum Gasteiger partial charge on any atom is -0.381 e. The van der Waals surface area contributed by atoms with E-state index in [2.05, 4.69) is 5.32 Å². The average Bonchev–Trinajstić information content (AvgIpc) is 2.56. The van der Waals surface area contributed by atoms with Gasteiger partial charge in [0.1, 0.15) is 11.6 Å². The number of rotatable bonds is 4. The van der Waals surface area contributed by atoms with E-state index in [0.717, 1.165) is 24.0 Å². The summed E-state index contributed by atoms with van der Waals surface area (Å²) in [6, 6.07) is 13.1. The van der Waals surface area contributed by atoms with Gasteiger partial charge in [-0.1, -0.05) is 24.3 Å². The molecule has 4 heteroatoms. The van der Waals surface area contributed by atoms with Crippen molar-refractivity contribution in [1.82, 2.24) is 5.32 Å². The smallest absolute Gasteiger partial charge is 0.123 e. The van der Waals surface area contributed by atoms with Crippen molar-refractivity contribution in [3.8, 4) is 0 Å². The van der Waals surface area contributed by atoms with Crippen LogP contribution >= 0.6 is 0 Å². The Hall–Kier alpha value is -1.78. The Morgan fingerprint density at radius 3 is 2.00 bits per heavy atom. The van der Waals surface area contributed by atoms with E-state index in [-0.39, 0.29) is 17.2 Å². The lowest BCUT2D eigenvalue weighted by Gasteiger charge is -2.39. The molecule has 1 aliphatic heterocycles. The first-order valence-corrected chi connectivity index (χ1v) is 7.51. The van der Waals surface area contributed by atoms with E-state index in [9.17, 15) is 8.78 Å². The van der Waals surface area contributed by atoms with Crippen molar-refractivity contribution >= 4 is 0 Å². The van der Waals surface area contributed by atoms with Crippen molar-refractivity contribution in [3.05, 3.63) is 71.3 Å². The van der Waals surface area contributed by atoms with Crippen molar-refractivity contribution in [2.75, 3.05) is 13.2 Å². The second-order valence-corrected chi connectivity index (χ2v) is 5.68. The fraction of sp³-hybridized carbons (Fsp3) is 0.333. The van der Waals surface area contributed by atoms with Crippen LogP contribution in [0.4, 0.5) is 8.78 Å². The topological polar surface area (TPSA) is 21.3 Å². The molecule has 116 valence electrons. The largest absolute Gasteiger partial charge is 0.381 e. The summed E-state index contributed by atoms with van der Waals surface area (Å²) in [6.45, 7) is 1.99. The van der Waals surface area contributed by atoms with Crippen molar-refractivity contribution in [1.29, 1.82) is 0 Å². The Morgan fingerprint density at radius 1 is 0.864 bits per heavy atom. The van der Waals surface area contributed by atoms with Crippen LogP contribution in [0.15, 0.2) is 48.5 Å². The van der Waals surface area contributed by atoms with Crippen LogP contribution in [-0.4, -0.2) is 13.2 Å². The molecule has 2 aromatic rings. The Kier molecular flexibility index (Phi) is 4.50. The lowest BCUT2D eigenvalue weighted by atomic mass is 9.82. The molecule has 2 aromatic carbocycles. The summed E-state index contributed by atoms with van der Waals surface area (Å²) < 4.78 is 31.6. The number of nitrogens with one attached hydrogen (secondary N) is 1. The second-order valence-electron chi connectivity index (χ2n) is 5.68. The molecule has 22 heavy (non-hydrogen) atoms. The molecule has 1 aliphatic rings. The highest BCUT2D eigenvalue weighted by molar-refractivity contribution is 5.26. The molecule has 0 spiro atoms. The third-order valence-corrected chi connectivity index (χ3v) is 4.29. The monoisotopic (exact) mass is 303 g/mol. The summed E-state index contributed by atoms with van der Waals surface area (Å²) in [5, 5.41) is 3.58. The molecule has 0 unspecified atom stereocenters. The molecule has 1 saturated heterocycles. The molecule has 1 fully saturated rings. The molecule has 1 heterocycles. The van der Waals surface area contributed by atoms with Gasteiger partial charge in [0, 0.05) is 25.3 Å². The van der Waals surface area contributed by atoms with Gasteiger partial charge in [0.2, 0.25) is 0 Å². The van der Waals surface area contributed by atoms with Crippen molar-refractivity contribution < 1.29 is 13.5 Å². The predicted octanol–water partition coefficient (Wildman–Crippen LogP) is 3.76. The summed E-state index contributed by atoms with van der Waals surface area (Å²) in [4.78, 5) is 0. The van der Waals surface area contributed by atoms with E-state index in [1.807, 2.05) is 12.1 Å². The van der Waals surface area contributed by atoms with Gasteiger partial charge in [0.15, 0.2) is 0 Å². The van der Waals surface area contributed by atoms with Gasteiger partial charge in [-0.3, -0.25) is 0 Å². The Balaban J connectivity index is 1.80. The SMILES string of the molecule is Fc1ccc(CNC2(c3ccc(F)cc3)CCOCC2)cc1. The lowest BCUT2D eigenvalue weighted by molar-refractivity contribution is 0.0357. The molecular weight excluding hydrogens is 284 g/mol. The van der Waals surface area contributed by atoms with Gasteiger partial charge in [-0.2, -0.15) is 0 Å². The Morgan fingerprint density at radius 2 is 1.41 bits per heavy atom.